The summed E-state index contributed by atoms with van der Waals surface area (Å²) in [5.74, 6) is 0.936. The Morgan fingerprint density at radius 1 is 1.32 bits per heavy atom. The molecule has 0 saturated carbocycles. The lowest BCUT2D eigenvalue weighted by atomic mass is 10.1. The molecule has 0 spiro atoms. The lowest BCUT2D eigenvalue weighted by molar-refractivity contribution is 0.568. The number of nitrogens with zero attached hydrogens (tertiary/aromatic N) is 2. The summed E-state index contributed by atoms with van der Waals surface area (Å²) in [5, 5.41) is 3.36. The molecule has 1 aromatic heterocycles. The molecule has 1 N–H and O–H groups in total. The molecule has 0 fully saturated rings. The van der Waals surface area contributed by atoms with Crippen LogP contribution in [0.15, 0.2) is 33.5 Å². The summed E-state index contributed by atoms with van der Waals surface area (Å²) in [6.45, 7) is 4.28. The van der Waals surface area contributed by atoms with Crippen molar-refractivity contribution in [1.29, 1.82) is 0 Å². The van der Waals surface area contributed by atoms with Crippen LogP contribution >= 0.6 is 23.3 Å². The van der Waals surface area contributed by atoms with E-state index >= 15 is 0 Å². The van der Waals surface area contributed by atoms with Crippen molar-refractivity contribution < 1.29 is 0 Å². The summed E-state index contributed by atoms with van der Waals surface area (Å²) in [6.07, 6.45) is 1.97. The second-order valence-corrected chi connectivity index (χ2v) is 6.26. The second-order valence-electron chi connectivity index (χ2n) is 4.22. The van der Waals surface area contributed by atoms with Gasteiger partial charge in [-0.1, -0.05) is 43.8 Å². The van der Waals surface area contributed by atoms with Crippen molar-refractivity contribution in [2.45, 2.75) is 42.0 Å². The highest BCUT2D eigenvalue weighted by atomic mass is 32.2. The third kappa shape index (κ3) is 3.55. The summed E-state index contributed by atoms with van der Waals surface area (Å²) in [7, 11) is 2.01. The molecule has 2 aromatic rings. The lowest BCUT2D eigenvalue weighted by Crippen LogP contribution is -2.15. The summed E-state index contributed by atoms with van der Waals surface area (Å²) >= 11 is 3.20. The van der Waals surface area contributed by atoms with E-state index in [1.807, 2.05) is 7.05 Å². The van der Waals surface area contributed by atoms with E-state index in [1.54, 1.807) is 11.8 Å². The van der Waals surface area contributed by atoms with Crippen LogP contribution < -0.4 is 5.32 Å². The Bertz CT molecular complexity index is 521. The zero-order valence-corrected chi connectivity index (χ0v) is 13.1. The van der Waals surface area contributed by atoms with Crippen molar-refractivity contribution in [2.75, 3.05) is 7.05 Å². The summed E-state index contributed by atoms with van der Waals surface area (Å²) in [5.41, 5.74) is 1.34. The highest BCUT2D eigenvalue weighted by molar-refractivity contribution is 8.01. The molecule has 0 amide bonds. The normalized spacial score (nSPS) is 12.6. The molecule has 102 valence electrons. The van der Waals surface area contributed by atoms with E-state index in [-0.39, 0.29) is 0 Å². The molecular weight excluding hydrogens is 274 g/mol. The quantitative estimate of drug-likeness (QED) is 0.876. The van der Waals surface area contributed by atoms with Gasteiger partial charge in [0.05, 0.1) is 0 Å². The van der Waals surface area contributed by atoms with Crippen molar-refractivity contribution in [3.63, 3.8) is 0 Å². The molecule has 2 rings (SSSR count). The van der Waals surface area contributed by atoms with Crippen LogP contribution in [0.4, 0.5) is 0 Å². The van der Waals surface area contributed by atoms with Gasteiger partial charge in [0.25, 0.3) is 0 Å². The van der Waals surface area contributed by atoms with E-state index in [4.69, 9.17) is 0 Å². The fraction of sp³-hybridized carbons (Fsp3) is 0.429. The molecule has 1 unspecified atom stereocenters. The highest BCUT2D eigenvalue weighted by Crippen LogP contribution is 2.34. The maximum absolute atomic E-state index is 4.53. The predicted octanol–water partition coefficient (Wildman–Crippen LogP) is 3.92. The third-order valence-corrected chi connectivity index (χ3v) is 4.89. The Balaban J connectivity index is 2.24. The number of hydrogen-bond donors (Lipinski definition) is 1. The van der Waals surface area contributed by atoms with Crippen molar-refractivity contribution in [3.05, 3.63) is 35.7 Å². The van der Waals surface area contributed by atoms with Gasteiger partial charge in [0, 0.05) is 17.4 Å². The van der Waals surface area contributed by atoms with Gasteiger partial charge < -0.3 is 5.32 Å². The van der Waals surface area contributed by atoms with Crippen molar-refractivity contribution in [2.24, 2.45) is 0 Å². The van der Waals surface area contributed by atoms with Crippen LogP contribution in [-0.4, -0.2) is 16.4 Å². The zero-order valence-electron chi connectivity index (χ0n) is 11.5. The van der Waals surface area contributed by atoms with Gasteiger partial charge in [-0.25, -0.2) is 4.98 Å². The molecule has 0 aliphatic heterocycles. The van der Waals surface area contributed by atoms with Gasteiger partial charge in [-0.2, -0.15) is 4.37 Å². The van der Waals surface area contributed by atoms with Crippen molar-refractivity contribution in [1.82, 2.24) is 14.7 Å². The molecule has 0 aliphatic rings. The highest BCUT2D eigenvalue weighted by Gasteiger charge is 2.13. The minimum Gasteiger partial charge on any atom is -0.313 e. The number of benzene rings is 1. The Kier molecular flexibility index (Phi) is 5.36. The number of nitrogens with one attached hydrogen (secondary N) is 1. The van der Waals surface area contributed by atoms with Crippen molar-refractivity contribution in [3.8, 4) is 0 Å². The SMILES string of the molecule is CCc1nsc(Sc2ccccc2C(CC)NC)n1. The van der Waals surface area contributed by atoms with E-state index < -0.39 is 0 Å². The summed E-state index contributed by atoms with van der Waals surface area (Å²) in [6, 6.07) is 8.91. The van der Waals surface area contributed by atoms with Gasteiger partial charge >= 0.3 is 0 Å². The topological polar surface area (TPSA) is 37.8 Å². The number of rotatable bonds is 6. The fourth-order valence-corrected chi connectivity index (χ4v) is 3.80. The van der Waals surface area contributed by atoms with Crippen LogP contribution in [0, 0.1) is 0 Å². The predicted molar refractivity (Wildman–Crippen MR) is 81.9 cm³/mol. The van der Waals surface area contributed by atoms with Crippen molar-refractivity contribution >= 4 is 23.3 Å². The van der Waals surface area contributed by atoms with Crippen LogP contribution in [0.25, 0.3) is 0 Å². The largest absolute Gasteiger partial charge is 0.313 e. The molecular formula is C14H19N3S2. The third-order valence-electron chi connectivity index (χ3n) is 3.01. The molecule has 1 atom stereocenters. The summed E-state index contributed by atoms with van der Waals surface area (Å²) in [4.78, 5) is 5.79. The van der Waals surface area contributed by atoms with E-state index in [0.717, 1.165) is 23.0 Å². The maximum Gasteiger partial charge on any atom is 0.174 e. The van der Waals surface area contributed by atoms with E-state index in [2.05, 4.69) is 52.8 Å². The first kappa shape index (κ1) is 14.5. The van der Waals surface area contributed by atoms with Crippen LogP contribution in [0.5, 0.6) is 0 Å². The van der Waals surface area contributed by atoms with Gasteiger partial charge in [-0.3, -0.25) is 0 Å². The fourth-order valence-electron chi connectivity index (χ4n) is 1.96. The Morgan fingerprint density at radius 2 is 2.11 bits per heavy atom. The van der Waals surface area contributed by atoms with Crippen LogP contribution in [0.1, 0.15) is 37.7 Å². The minimum atomic E-state index is 0.391. The van der Waals surface area contributed by atoms with Gasteiger partial charge in [0.15, 0.2) is 4.34 Å². The van der Waals surface area contributed by atoms with Gasteiger partial charge in [0.1, 0.15) is 5.82 Å². The standard InChI is InChI=1S/C14H19N3S2/c1-4-11(15-3)10-8-6-7-9-12(10)18-14-16-13(5-2)17-19-14/h6-9,11,15H,4-5H2,1-3H3. The minimum absolute atomic E-state index is 0.391. The van der Waals surface area contributed by atoms with Gasteiger partial charge in [-0.05, 0) is 36.6 Å². The Labute approximate surface area is 123 Å². The molecule has 0 aliphatic carbocycles. The number of aromatic nitrogens is 2. The average Bonchev–Trinajstić information content (AvgIpc) is 2.90. The number of aryl methyl sites for hydroxylation is 1. The van der Waals surface area contributed by atoms with Crippen LogP contribution in [0.3, 0.4) is 0 Å². The molecule has 0 radical (unpaired) electrons. The molecule has 0 bridgehead atoms. The monoisotopic (exact) mass is 293 g/mol. The lowest BCUT2D eigenvalue weighted by Gasteiger charge is -2.17. The van der Waals surface area contributed by atoms with Crippen LogP contribution in [0.2, 0.25) is 0 Å². The molecule has 19 heavy (non-hydrogen) atoms. The van der Waals surface area contributed by atoms with Crippen LogP contribution in [-0.2, 0) is 6.42 Å². The smallest absolute Gasteiger partial charge is 0.174 e. The molecule has 3 nitrogen and oxygen atoms in total. The molecule has 5 heteroatoms. The first-order chi connectivity index (χ1) is 9.28. The maximum atomic E-state index is 4.53. The second kappa shape index (κ2) is 7.03. The Hall–Kier alpha value is -0.910. The van der Waals surface area contributed by atoms with Gasteiger partial charge in [0.2, 0.25) is 0 Å². The average molecular weight is 293 g/mol. The molecule has 1 aromatic carbocycles. The number of hydrogen-bond acceptors (Lipinski definition) is 5. The Morgan fingerprint density at radius 3 is 2.74 bits per heavy atom. The van der Waals surface area contributed by atoms with Gasteiger partial charge in [-0.15, -0.1) is 0 Å². The first-order valence-electron chi connectivity index (χ1n) is 6.55. The van der Waals surface area contributed by atoms with E-state index in [0.29, 0.717) is 6.04 Å². The van der Waals surface area contributed by atoms with E-state index in [1.165, 1.54) is 22.0 Å². The van der Waals surface area contributed by atoms with E-state index in [9.17, 15) is 0 Å². The molecule has 0 saturated heterocycles. The summed E-state index contributed by atoms with van der Waals surface area (Å²) < 4.78 is 5.36. The first-order valence-corrected chi connectivity index (χ1v) is 8.14. The molecule has 1 heterocycles. The zero-order chi connectivity index (χ0) is 13.7.